The van der Waals surface area contributed by atoms with Crippen LogP contribution in [0.15, 0.2) is 36.4 Å². The van der Waals surface area contributed by atoms with Gasteiger partial charge in [0, 0.05) is 23.9 Å². The Morgan fingerprint density at radius 2 is 1.53 bits per heavy atom. The minimum Gasteiger partial charge on any atom is -0.493 e. The lowest BCUT2D eigenvalue weighted by molar-refractivity contribution is -0.111. The number of hydrogen-bond acceptors (Lipinski definition) is 6. The molecule has 30 heavy (non-hydrogen) atoms. The average Bonchev–Trinajstić information content (AvgIpc) is 2.75. The highest BCUT2D eigenvalue weighted by Gasteiger charge is 2.14. The Morgan fingerprint density at radius 3 is 2.07 bits per heavy atom. The van der Waals surface area contributed by atoms with Crippen LogP contribution in [0.5, 0.6) is 28.7 Å². The first-order valence-corrected chi connectivity index (χ1v) is 9.51. The van der Waals surface area contributed by atoms with E-state index < -0.39 is 0 Å². The van der Waals surface area contributed by atoms with E-state index >= 15 is 0 Å². The number of benzene rings is 2. The van der Waals surface area contributed by atoms with Gasteiger partial charge in [0.2, 0.25) is 11.7 Å². The fourth-order valence-corrected chi connectivity index (χ4v) is 2.67. The Hall–Kier alpha value is -3.35. The van der Waals surface area contributed by atoms with Gasteiger partial charge in [-0.2, -0.15) is 0 Å². The molecule has 0 saturated heterocycles. The molecule has 2 aromatic rings. The van der Waals surface area contributed by atoms with Gasteiger partial charge in [-0.1, -0.05) is 19.9 Å². The van der Waals surface area contributed by atoms with E-state index in [9.17, 15) is 4.79 Å². The maximum atomic E-state index is 12.4. The summed E-state index contributed by atoms with van der Waals surface area (Å²) in [5.41, 5.74) is 1.33. The molecule has 0 atom stereocenters. The Balaban J connectivity index is 2.12. The van der Waals surface area contributed by atoms with Crippen molar-refractivity contribution in [2.75, 3.05) is 40.4 Å². The summed E-state index contributed by atoms with van der Waals surface area (Å²) < 4.78 is 27.0. The van der Waals surface area contributed by atoms with Crippen LogP contribution in [0.25, 0.3) is 6.08 Å². The van der Waals surface area contributed by atoms with E-state index in [1.54, 1.807) is 25.3 Å². The molecule has 2 rings (SSSR count). The van der Waals surface area contributed by atoms with E-state index in [0.29, 0.717) is 47.0 Å². The van der Waals surface area contributed by atoms with Gasteiger partial charge < -0.3 is 29.0 Å². The summed E-state index contributed by atoms with van der Waals surface area (Å²) in [6.07, 6.45) is 3.13. The fraction of sp³-hybridized carbons (Fsp3) is 0.348. The Kier molecular flexibility index (Phi) is 8.41. The monoisotopic (exact) mass is 415 g/mol. The number of nitrogens with one attached hydrogen (secondary N) is 1. The van der Waals surface area contributed by atoms with E-state index in [4.69, 9.17) is 23.7 Å². The molecule has 162 valence electrons. The molecule has 0 unspecified atom stereocenters. The second-order valence-corrected chi connectivity index (χ2v) is 6.85. The van der Waals surface area contributed by atoms with Crippen molar-refractivity contribution in [1.29, 1.82) is 0 Å². The lowest BCUT2D eigenvalue weighted by Crippen LogP contribution is -2.08. The summed E-state index contributed by atoms with van der Waals surface area (Å²) in [5, 5.41) is 2.79. The zero-order valence-electron chi connectivity index (χ0n) is 18.3. The largest absolute Gasteiger partial charge is 0.493 e. The molecule has 1 N–H and O–H groups in total. The van der Waals surface area contributed by atoms with Crippen LogP contribution < -0.4 is 29.0 Å². The molecular formula is C23H29NO6. The highest BCUT2D eigenvalue weighted by molar-refractivity contribution is 6.02. The van der Waals surface area contributed by atoms with E-state index in [-0.39, 0.29) is 5.91 Å². The third-order valence-corrected chi connectivity index (χ3v) is 4.12. The minimum atomic E-state index is -0.302. The van der Waals surface area contributed by atoms with Crippen molar-refractivity contribution in [3.63, 3.8) is 0 Å². The molecule has 2 aromatic carbocycles. The van der Waals surface area contributed by atoms with Gasteiger partial charge in [0.1, 0.15) is 0 Å². The number of rotatable bonds is 10. The fourth-order valence-electron chi connectivity index (χ4n) is 2.67. The molecule has 0 spiro atoms. The number of anilines is 1. The zero-order valence-corrected chi connectivity index (χ0v) is 18.3. The van der Waals surface area contributed by atoms with E-state index in [1.165, 1.54) is 27.4 Å². The zero-order chi connectivity index (χ0) is 22.1. The second-order valence-electron chi connectivity index (χ2n) is 6.85. The predicted octanol–water partition coefficient (Wildman–Crippen LogP) is 4.41. The van der Waals surface area contributed by atoms with Crippen LogP contribution in [0.2, 0.25) is 0 Å². The molecule has 0 aliphatic heterocycles. The Morgan fingerprint density at radius 1 is 0.900 bits per heavy atom. The summed E-state index contributed by atoms with van der Waals surface area (Å²) in [7, 11) is 6.15. The summed E-state index contributed by atoms with van der Waals surface area (Å²) in [6, 6.07) is 8.84. The Bertz CT molecular complexity index is 866. The molecule has 0 aliphatic carbocycles. The second kappa shape index (κ2) is 11.0. The van der Waals surface area contributed by atoms with Gasteiger partial charge >= 0.3 is 0 Å². The number of carbonyl (C=O) groups excluding carboxylic acids is 1. The van der Waals surface area contributed by atoms with Gasteiger partial charge in [-0.3, -0.25) is 4.79 Å². The highest BCUT2D eigenvalue weighted by atomic mass is 16.5. The number of amides is 1. The smallest absolute Gasteiger partial charge is 0.248 e. The molecule has 0 aromatic heterocycles. The lowest BCUT2D eigenvalue weighted by Gasteiger charge is -2.14. The molecule has 0 aliphatic rings. The third kappa shape index (κ3) is 6.07. The van der Waals surface area contributed by atoms with Gasteiger partial charge in [-0.25, -0.2) is 0 Å². The van der Waals surface area contributed by atoms with Crippen molar-refractivity contribution >= 4 is 17.7 Å². The molecule has 7 heteroatoms. The molecule has 0 radical (unpaired) electrons. The SMILES string of the molecule is COc1cc(/C=C/C(=O)Nc2cc(OC)c(OC)c(OC)c2)ccc1OCC(C)C. The molecule has 7 nitrogen and oxygen atoms in total. The van der Waals surface area contributed by atoms with Crippen molar-refractivity contribution in [2.24, 2.45) is 5.92 Å². The maximum absolute atomic E-state index is 12.4. The van der Waals surface area contributed by atoms with Crippen LogP contribution in [0.1, 0.15) is 19.4 Å². The summed E-state index contributed by atoms with van der Waals surface area (Å²) in [6.45, 7) is 4.76. The summed E-state index contributed by atoms with van der Waals surface area (Å²) >= 11 is 0. The predicted molar refractivity (Wildman–Crippen MR) is 117 cm³/mol. The minimum absolute atomic E-state index is 0.302. The van der Waals surface area contributed by atoms with Crippen molar-refractivity contribution in [1.82, 2.24) is 0 Å². The summed E-state index contributed by atoms with van der Waals surface area (Å²) in [5.74, 6) is 2.76. The normalized spacial score (nSPS) is 10.8. The van der Waals surface area contributed by atoms with Crippen molar-refractivity contribution in [2.45, 2.75) is 13.8 Å². The van der Waals surface area contributed by atoms with Crippen LogP contribution in [-0.2, 0) is 4.79 Å². The Labute approximate surface area is 177 Å². The highest BCUT2D eigenvalue weighted by Crippen LogP contribution is 2.40. The van der Waals surface area contributed by atoms with Crippen molar-refractivity contribution in [3.8, 4) is 28.7 Å². The molecule has 0 heterocycles. The molecule has 0 bridgehead atoms. The number of methoxy groups -OCH3 is 4. The van der Waals surface area contributed by atoms with Gasteiger partial charge in [-0.15, -0.1) is 0 Å². The number of hydrogen-bond donors (Lipinski definition) is 1. The summed E-state index contributed by atoms with van der Waals surface area (Å²) in [4.78, 5) is 12.4. The standard InChI is InChI=1S/C23H29NO6/c1-15(2)14-30-18-9-7-16(11-19(18)26-3)8-10-22(25)24-17-12-20(27-4)23(29-6)21(13-17)28-5/h7-13,15H,14H2,1-6H3,(H,24,25)/b10-8+. The third-order valence-electron chi connectivity index (χ3n) is 4.12. The molecular weight excluding hydrogens is 386 g/mol. The van der Waals surface area contributed by atoms with Gasteiger partial charge in [0.15, 0.2) is 23.0 Å². The van der Waals surface area contributed by atoms with Crippen molar-refractivity contribution < 1.29 is 28.5 Å². The van der Waals surface area contributed by atoms with E-state index in [1.807, 2.05) is 18.2 Å². The van der Waals surface area contributed by atoms with Gasteiger partial charge in [0.25, 0.3) is 0 Å². The lowest BCUT2D eigenvalue weighted by atomic mass is 10.1. The van der Waals surface area contributed by atoms with Crippen molar-refractivity contribution in [3.05, 3.63) is 42.0 Å². The van der Waals surface area contributed by atoms with E-state index in [0.717, 1.165) is 5.56 Å². The maximum Gasteiger partial charge on any atom is 0.248 e. The van der Waals surface area contributed by atoms with Crippen LogP contribution in [0, 0.1) is 5.92 Å². The first-order valence-electron chi connectivity index (χ1n) is 9.51. The topological polar surface area (TPSA) is 75.3 Å². The van der Waals surface area contributed by atoms with E-state index in [2.05, 4.69) is 19.2 Å². The first kappa shape index (κ1) is 22.9. The van der Waals surface area contributed by atoms with Crippen LogP contribution in [0.4, 0.5) is 5.69 Å². The van der Waals surface area contributed by atoms with Crippen LogP contribution in [-0.4, -0.2) is 41.0 Å². The first-order chi connectivity index (χ1) is 14.4. The van der Waals surface area contributed by atoms with Gasteiger partial charge in [0.05, 0.1) is 35.0 Å². The molecule has 0 saturated carbocycles. The van der Waals surface area contributed by atoms with Crippen LogP contribution in [0.3, 0.4) is 0 Å². The number of carbonyl (C=O) groups is 1. The molecule has 0 fully saturated rings. The molecule has 1 amide bonds. The number of ether oxygens (including phenoxy) is 5. The van der Waals surface area contributed by atoms with Crippen LogP contribution >= 0.6 is 0 Å². The van der Waals surface area contributed by atoms with Gasteiger partial charge in [-0.05, 0) is 29.7 Å². The quantitative estimate of drug-likeness (QED) is 0.580. The average molecular weight is 415 g/mol.